The lowest BCUT2D eigenvalue weighted by Crippen LogP contribution is -2.22. The van der Waals surface area contributed by atoms with E-state index in [2.05, 4.69) is 45.1 Å². The van der Waals surface area contributed by atoms with Gasteiger partial charge in [0.15, 0.2) is 0 Å². The van der Waals surface area contributed by atoms with Gasteiger partial charge in [-0.05, 0) is 60.4 Å². The summed E-state index contributed by atoms with van der Waals surface area (Å²) < 4.78 is 0. The minimum atomic E-state index is 0.434. The molecule has 21 heavy (non-hydrogen) atoms. The number of hydrogen-bond donors (Lipinski definition) is 1. The molecule has 0 unspecified atom stereocenters. The monoisotopic (exact) mass is 321 g/mol. The van der Waals surface area contributed by atoms with Crippen molar-refractivity contribution < 1.29 is 0 Å². The molecule has 0 aromatic heterocycles. The molecule has 1 nitrogen and oxygen atoms in total. The largest absolute Gasteiger partial charge is 0.310 e. The number of benzene rings is 2. The summed E-state index contributed by atoms with van der Waals surface area (Å²) in [6.07, 6.45) is 0. The normalized spacial score (nSPS) is 11.2. The van der Waals surface area contributed by atoms with Gasteiger partial charge in [0.05, 0.1) is 0 Å². The number of hydrogen-bond acceptors (Lipinski definition) is 1. The zero-order valence-electron chi connectivity index (χ0n) is 12.9. The van der Waals surface area contributed by atoms with E-state index in [0.717, 1.165) is 27.7 Å². The average molecular weight is 322 g/mol. The zero-order chi connectivity index (χ0) is 15.6. The molecule has 3 heteroatoms. The van der Waals surface area contributed by atoms with Gasteiger partial charge in [-0.2, -0.15) is 0 Å². The fourth-order valence-electron chi connectivity index (χ4n) is 2.25. The Balaban J connectivity index is 2.51. The smallest absolute Gasteiger partial charge is 0.0487 e. The van der Waals surface area contributed by atoms with Crippen LogP contribution in [-0.4, -0.2) is 6.04 Å². The molecule has 0 amide bonds. The predicted octanol–water partition coefficient (Wildman–Crippen LogP) is 5.78. The van der Waals surface area contributed by atoms with Crippen LogP contribution in [0.2, 0.25) is 10.0 Å². The third-order valence-electron chi connectivity index (χ3n) is 3.65. The van der Waals surface area contributed by atoms with Crippen LogP contribution in [0.1, 0.15) is 30.5 Å². The summed E-state index contributed by atoms with van der Waals surface area (Å²) in [5.41, 5.74) is 5.79. The Labute approximate surface area is 137 Å². The van der Waals surface area contributed by atoms with Crippen molar-refractivity contribution >= 4 is 23.2 Å². The Morgan fingerprint density at radius 2 is 1.62 bits per heavy atom. The second-order valence-corrected chi connectivity index (χ2v) is 6.60. The Bertz CT molecular complexity index is 648. The molecular formula is C18H21Cl2N. The quantitative estimate of drug-likeness (QED) is 0.753. The van der Waals surface area contributed by atoms with Crippen LogP contribution in [0.25, 0.3) is 11.1 Å². The van der Waals surface area contributed by atoms with Crippen LogP contribution in [0.3, 0.4) is 0 Å². The third-order valence-corrected chi connectivity index (χ3v) is 4.19. The summed E-state index contributed by atoms with van der Waals surface area (Å²) in [7, 11) is 0. The Kier molecular flexibility index (Phi) is 5.32. The van der Waals surface area contributed by atoms with Crippen molar-refractivity contribution in [3.63, 3.8) is 0 Å². The first-order chi connectivity index (χ1) is 9.88. The molecule has 2 aromatic carbocycles. The predicted molar refractivity (Wildman–Crippen MR) is 93.3 cm³/mol. The summed E-state index contributed by atoms with van der Waals surface area (Å²) in [6.45, 7) is 9.25. The van der Waals surface area contributed by atoms with Crippen molar-refractivity contribution in [2.75, 3.05) is 0 Å². The molecule has 0 heterocycles. The Morgan fingerprint density at radius 1 is 0.952 bits per heavy atom. The molecule has 2 rings (SSSR count). The summed E-state index contributed by atoms with van der Waals surface area (Å²) in [5.74, 6) is 0. The Hall–Kier alpha value is -1.02. The number of rotatable bonds is 4. The van der Waals surface area contributed by atoms with Crippen molar-refractivity contribution in [3.05, 3.63) is 57.1 Å². The number of nitrogens with one attached hydrogen (secondary N) is 1. The maximum atomic E-state index is 6.46. The fraction of sp³-hybridized carbons (Fsp3) is 0.333. The first-order valence-electron chi connectivity index (χ1n) is 7.17. The molecule has 0 spiro atoms. The highest BCUT2D eigenvalue weighted by molar-refractivity contribution is 6.34. The van der Waals surface area contributed by atoms with E-state index in [1.165, 1.54) is 16.7 Å². The highest BCUT2D eigenvalue weighted by Gasteiger charge is 2.11. The van der Waals surface area contributed by atoms with Crippen LogP contribution in [0.15, 0.2) is 30.3 Å². The molecule has 0 fully saturated rings. The van der Waals surface area contributed by atoms with Gasteiger partial charge < -0.3 is 5.32 Å². The van der Waals surface area contributed by atoms with Gasteiger partial charge in [-0.15, -0.1) is 0 Å². The molecule has 2 aromatic rings. The van der Waals surface area contributed by atoms with Gasteiger partial charge in [-0.3, -0.25) is 0 Å². The lowest BCUT2D eigenvalue weighted by atomic mass is 9.96. The van der Waals surface area contributed by atoms with Gasteiger partial charge >= 0.3 is 0 Å². The molecule has 0 atom stereocenters. The summed E-state index contributed by atoms with van der Waals surface area (Å²) in [5, 5.41) is 4.95. The van der Waals surface area contributed by atoms with Gasteiger partial charge in [-0.25, -0.2) is 0 Å². The van der Waals surface area contributed by atoms with Crippen molar-refractivity contribution in [2.24, 2.45) is 0 Å². The molecule has 0 radical (unpaired) electrons. The van der Waals surface area contributed by atoms with E-state index in [0.29, 0.717) is 6.04 Å². The van der Waals surface area contributed by atoms with E-state index in [1.54, 1.807) is 0 Å². The van der Waals surface area contributed by atoms with Crippen LogP contribution in [0.4, 0.5) is 0 Å². The summed E-state index contributed by atoms with van der Waals surface area (Å²) in [4.78, 5) is 0. The topological polar surface area (TPSA) is 12.0 Å². The molecule has 0 bridgehead atoms. The molecule has 0 aliphatic carbocycles. The first-order valence-corrected chi connectivity index (χ1v) is 7.93. The molecule has 0 aliphatic rings. The number of aryl methyl sites for hydroxylation is 2. The van der Waals surface area contributed by atoms with E-state index in [4.69, 9.17) is 23.2 Å². The SMILES string of the molecule is Cc1cc(Cl)c(-c2cc(Cl)ccc2CNC(C)C)cc1C. The lowest BCUT2D eigenvalue weighted by molar-refractivity contribution is 0.589. The standard InChI is InChI=1S/C18H21Cl2N/c1-11(2)21-10-14-5-6-15(19)9-16(14)17-7-12(3)13(4)8-18(17)20/h5-9,11,21H,10H2,1-4H3. The number of halogens is 2. The van der Waals surface area contributed by atoms with Crippen LogP contribution in [0, 0.1) is 13.8 Å². The maximum Gasteiger partial charge on any atom is 0.0487 e. The van der Waals surface area contributed by atoms with Gasteiger partial charge in [0.1, 0.15) is 0 Å². The summed E-state index contributed by atoms with van der Waals surface area (Å²) in [6, 6.07) is 10.6. The van der Waals surface area contributed by atoms with E-state index >= 15 is 0 Å². The van der Waals surface area contributed by atoms with Crippen molar-refractivity contribution in [2.45, 2.75) is 40.3 Å². The molecule has 0 aliphatic heterocycles. The maximum absolute atomic E-state index is 6.46. The highest BCUT2D eigenvalue weighted by Crippen LogP contribution is 2.34. The van der Waals surface area contributed by atoms with Crippen molar-refractivity contribution in [3.8, 4) is 11.1 Å². The molecule has 0 saturated carbocycles. The lowest BCUT2D eigenvalue weighted by Gasteiger charge is -2.15. The second kappa shape index (κ2) is 6.83. The van der Waals surface area contributed by atoms with Gasteiger partial charge in [0.2, 0.25) is 0 Å². The van der Waals surface area contributed by atoms with Crippen LogP contribution >= 0.6 is 23.2 Å². The highest BCUT2D eigenvalue weighted by atomic mass is 35.5. The first kappa shape index (κ1) is 16.4. The van der Waals surface area contributed by atoms with Gasteiger partial charge in [0.25, 0.3) is 0 Å². The third kappa shape index (κ3) is 4.00. The zero-order valence-corrected chi connectivity index (χ0v) is 14.4. The second-order valence-electron chi connectivity index (χ2n) is 5.75. The molecule has 0 saturated heterocycles. The van der Waals surface area contributed by atoms with E-state index in [9.17, 15) is 0 Å². The Morgan fingerprint density at radius 3 is 2.29 bits per heavy atom. The minimum Gasteiger partial charge on any atom is -0.310 e. The van der Waals surface area contributed by atoms with Crippen LogP contribution in [-0.2, 0) is 6.54 Å². The van der Waals surface area contributed by atoms with E-state index in [-0.39, 0.29) is 0 Å². The van der Waals surface area contributed by atoms with E-state index < -0.39 is 0 Å². The van der Waals surface area contributed by atoms with Crippen molar-refractivity contribution in [1.29, 1.82) is 0 Å². The molecule has 1 N–H and O–H groups in total. The van der Waals surface area contributed by atoms with Gasteiger partial charge in [0, 0.05) is 28.2 Å². The van der Waals surface area contributed by atoms with E-state index in [1.807, 2.05) is 18.2 Å². The van der Waals surface area contributed by atoms with Crippen LogP contribution in [0.5, 0.6) is 0 Å². The average Bonchev–Trinajstić information content (AvgIpc) is 2.41. The summed E-state index contributed by atoms with van der Waals surface area (Å²) >= 11 is 12.6. The minimum absolute atomic E-state index is 0.434. The molecule has 112 valence electrons. The molecular weight excluding hydrogens is 301 g/mol. The van der Waals surface area contributed by atoms with Crippen molar-refractivity contribution in [1.82, 2.24) is 5.32 Å². The fourth-order valence-corrected chi connectivity index (χ4v) is 2.75. The van der Waals surface area contributed by atoms with Crippen LogP contribution < -0.4 is 5.32 Å². The van der Waals surface area contributed by atoms with Gasteiger partial charge in [-0.1, -0.05) is 43.1 Å².